The van der Waals surface area contributed by atoms with Crippen LogP contribution >= 0.6 is 11.6 Å². The van der Waals surface area contributed by atoms with Crippen molar-refractivity contribution in [3.63, 3.8) is 0 Å². The number of para-hydroxylation sites is 1. The molecule has 3 nitrogen and oxygen atoms in total. The second-order valence-corrected chi connectivity index (χ2v) is 5.36. The zero-order chi connectivity index (χ0) is 15.2. The largest absolute Gasteiger partial charge is 0.496 e. The summed E-state index contributed by atoms with van der Waals surface area (Å²) < 4.78 is 5.42. The Morgan fingerprint density at radius 1 is 1.19 bits per heavy atom. The van der Waals surface area contributed by atoms with Gasteiger partial charge in [0.1, 0.15) is 11.6 Å². The third kappa shape index (κ3) is 3.88. The number of anilines is 1. The van der Waals surface area contributed by atoms with E-state index >= 15 is 0 Å². The van der Waals surface area contributed by atoms with Gasteiger partial charge in [-0.2, -0.15) is 0 Å². The molecule has 0 saturated heterocycles. The van der Waals surface area contributed by atoms with Crippen LogP contribution in [0.25, 0.3) is 0 Å². The summed E-state index contributed by atoms with van der Waals surface area (Å²) in [5.74, 6) is 2.30. The number of alkyl halides is 1. The fraction of sp³-hybridized carbons (Fsp3) is 0.353. The number of methoxy groups -OCH3 is 1. The summed E-state index contributed by atoms with van der Waals surface area (Å²) in [5.41, 5.74) is 2.10. The molecule has 0 N–H and O–H groups in total. The van der Waals surface area contributed by atoms with E-state index in [2.05, 4.69) is 29.9 Å². The van der Waals surface area contributed by atoms with Gasteiger partial charge in [0.2, 0.25) is 0 Å². The second kappa shape index (κ2) is 7.32. The summed E-state index contributed by atoms with van der Waals surface area (Å²) in [5, 5.41) is 0. The molecular formula is C17H21ClN2O. The molecule has 0 saturated carbocycles. The Morgan fingerprint density at radius 3 is 2.67 bits per heavy atom. The summed E-state index contributed by atoms with van der Waals surface area (Å²) in [6, 6.07) is 14.4. The van der Waals surface area contributed by atoms with E-state index in [-0.39, 0.29) is 0 Å². The molecule has 4 heteroatoms. The molecule has 0 spiro atoms. The molecule has 1 atom stereocenters. The van der Waals surface area contributed by atoms with Crippen LogP contribution in [0.3, 0.4) is 0 Å². The van der Waals surface area contributed by atoms with Crippen LogP contribution in [0.15, 0.2) is 42.5 Å². The molecule has 0 fully saturated rings. The summed E-state index contributed by atoms with van der Waals surface area (Å²) in [6.07, 6.45) is 0.896. The van der Waals surface area contributed by atoms with E-state index < -0.39 is 0 Å². The molecule has 21 heavy (non-hydrogen) atoms. The number of nitrogens with zero attached hydrogens (tertiary/aromatic N) is 2. The lowest BCUT2D eigenvalue weighted by molar-refractivity contribution is 0.408. The van der Waals surface area contributed by atoms with Crippen molar-refractivity contribution >= 4 is 17.4 Å². The Balaban J connectivity index is 2.13. The number of benzene rings is 1. The highest BCUT2D eigenvalue weighted by Crippen LogP contribution is 2.22. The number of halogens is 1. The lowest BCUT2D eigenvalue weighted by Crippen LogP contribution is -2.31. The van der Waals surface area contributed by atoms with Gasteiger partial charge in [-0.05, 0) is 37.1 Å². The molecule has 0 aliphatic rings. The second-order valence-electron chi connectivity index (χ2n) is 5.10. The Morgan fingerprint density at radius 2 is 1.95 bits per heavy atom. The normalized spacial score (nSPS) is 12.0. The molecule has 2 rings (SSSR count). The molecule has 0 radical (unpaired) electrons. The molecule has 112 valence electrons. The van der Waals surface area contributed by atoms with Gasteiger partial charge in [-0.3, -0.25) is 0 Å². The number of hydrogen-bond acceptors (Lipinski definition) is 3. The molecule has 2 aromatic rings. The highest BCUT2D eigenvalue weighted by molar-refractivity contribution is 6.16. The summed E-state index contributed by atoms with van der Waals surface area (Å²) in [4.78, 5) is 6.73. The van der Waals surface area contributed by atoms with Crippen molar-refractivity contribution in [3.05, 3.63) is 53.7 Å². The van der Waals surface area contributed by atoms with Crippen molar-refractivity contribution in [1.29, 1.82) is 0 Å². The fourth-order valence-electron chi connectivity index (χ4n) is 2.29. The van der Waals surface area contributed by atoms with Crippen molar-refractivity contribution in [3.8, 4) is 5.75 Å². The molecule has 0 aliphatic carbocycles. The van der Waals surface area contributed by atoms with Crippen LogP contribution in [0.2, 0.25) is 0 Å². The van der Waals surface area contributed by atoms with Crippen molar-refractivity contribution in [1.82, 2.24) is 4.98 Å². The molecule has 0 aliphatic heterocycles. The monoisotopic (exact) mass is 304 g/mol. The number of likely N-dealkylation sites (N-methyl/N-ethyl adjacent to an activating group) is 1. The highest BCUT2D eigenvalue weighted by atomic mass is 35.5. The average Bonchev–Trinajstić information content (AvgIpc) is 2.54. The zero-order valence-corrected chi connectivity index (χ0v) is 13.5. The summed E-state index contributed by atoms with van der Waals surface area (Å²) in [7, 11) is 3.76. The molecule has 1 unspecified atom stereocenters. The van der Waals surface area contributed by atoms with E-state index in [4.69, 9.17) is 16.3 Å². The molecule has 1 aromatic heterocycles. The number of ether oxygens (including phenoxy) is 1. The van der Waals surface area contributed by atoms with Crippen molar-refractivity contribution in [2.75, 3.05) is 19.1 Å². The maximum atomic E-state index is 5.85. The van der Waals surface area contributed by atoms with Crippen LogP contribution in [-0.4, -0.2) is 25.2 Å². The predicted octanol–water partition coefficient (Wildman–Crippen LogP) is 3.90. The Hall–Kier alpha value is -1.74. The van der Waals surface area contributed by atoms with Gasteiger partial charge in [0.05, 0.1) is 18.7 Å². The van der Waals surface area contributed by atoms with Gasteiger partial charge in [-0.1, -0.05) is 24.3 Å². The first-order valence-electron chi connectivity index (χ1n) is 7.02. The summed E-state index contributed by atoms with van der Waals surface area (Å²) in [6.45, 7) is 2.18. The van der Waals surface area contributed by atoms with Crippen molar-refractivity contribution in [2.45, 2.75) is 25.3 Å². The van der Waals surface area contributed by atoms with Gasteiger partial charge < -0.3 is 9.64 Å². The minimum Gasteiger partial charge on any atom is -0.496 e. The van der Waals surface area contributed by atoms with Gasteiger partial charge in [-0.15, -0.1) is 11.6 Å². The molecule has 0 bridgehead atoms. The first-order valence-corrected chi connectivity index (χ1v) is 7.55. The predicted molar refractivity (Wildman–Crippen MR) is 88.4 cm³/mol. The van der Waals surface area contributed by atoms with E-state index in [1.807, 2.05) is 36.4 Å². The number of hydrogen-bond donors (Lipinski definition) is 0. The molecule has 0 amide bonds. The minimum atomic E-state index is 0.305. The lowest BCUT2D eigenvalue weighted by atomic mass is 10.1. The average molecular weight is 305 g/mol. The number of aromatic nitrogens is 1. The number of pyridine rings is 1. The minimum absolute atomic E-state index is 0.305. The first-order chi connectivity index (χ1) is 10.2. The van der Waals surface area contributed by atoms with Crippen LogP contribution in [0.1, 0.15) is 18.2 Å². The molecular weight excluding hydrogens is 284 g/mol. The quantitative estimate of drug-likeness (QED) is 0.757. The highest BCUT2D eigenvalue weighted by Gasteiger charge is 2.14. The first kappa shape index (κ1) is 15.6. The lowest BCUT2D eigenvalue weighted by Gasteiger charge is -2.27. The van der Waals surface area contributed by atoms with Crippen LogP contribution in [0.4, 0.5) is 5.82 Å². The maximum Gasteiger partial charge on any atom is 0.128 e. The Kier molecular flexibility index (Phi) is 5.45. The van der Waals surface area contributed by atoms with E-state index in [0.717, 1.165) is 23.7 Å². The van der Waals surface area contributed by atoms with E-state index in [9.17, 15) is 0 Å². The van der Waals surface area contributed by atoms with Crippen LogP contribution < -0.4 is 9.64 Å². The third-order valence-electron chi connectivity index (χ3n) is 3.66. The van der Waals surface area contributed by atoms with Gasteiger partial charge in [-0.25, -0.2) is 4.98 Å². The third-order valence-corrected chi connectivity index (χ3v) is 3.93. The van der Waals surface area contributed by atoms with E-state index in [1.165, 1.54) is 5.56 Å². The van der Waals surface area contributed by atoms with Crippen LogP contribution in [0, 0.1) is 0 Å². The number of rotatable bonds is 6. The van der Waals surface area contributed by atoms with E-state index in [0.29, 0.717) is 11.9 Å². The standard InChI is InChI=1S/C17H21ClN2O/c1-13(11-14-7-4-5-9-16(14)21-3)20(2)17-10-6-8-15(12-18)19-17/h4-10,13H,11-12H2,1-3H3. The van der Waals surface area contributed by atoms with Gasteiger partial charge >= 0.3 is 0 Å². The fourth-order valence-corrected chi connectivity index (χ4v) is 2.44. The van der Waals surface area contributed by atoms with Gasteiger partial charge in [0.25, 0.3) is 0 Å². The van der Waals surface area contributed by atoms with Crippen molar-refractivity contribution in [2.24, 2.45) is 0 Å². The zero-order valence-electron chi connectivity index (χ0n) is 12.7. The maximum absolute atomic E-state index is 5.85. The van der Waals surface area contributed by atoms with Crippen molar-refractivity contribution < 1.29 is 4.74 Å². The SMILES string of the molecule is COc1ccccc1CC(C)N(C)c1cccc(CCl)n1. The Labute approximate surface area is 131 Å². The van der Waals surface area contributed by atoms with Crippen LogP contribution in [-0.2, 0) is 12.3 Å². The molecule has 1 heterocycles. The van der Waals surface area contributed by atoms with E-state index in [1.54, 1.807) is 7.11 Å². The molecule has 1 aromatic carbocycles. The Bertz CT molecular complexity index is 589. The van der Waals surface area contributed by atoms with Crippen LogP contribution in [0.5, 0.6) is 5.75 Å². The van der Waals surface area contributed by atoms with Gasteiger partial charge in [0, 0.05) is 13.1 Å². The smallest absolute Gasteiger partial charge is 0.128 e. The van der Waals surface area contributed by atoms with Gasteiger partial charge in [0.15, 0.2) is 0 Å². The topological polar surface area (TPSA) is 25.4 Å². The summed E-state index contributed by atoms with van der Waals surface area (Å²) >= 11 is 5.85.